The van der Waals surface area contributed by atoms with Gasteiger partial charge in [-0.05, 0) is 26.3 Å². The number of aryl methyl sites for hydroxylation is 1. The van der Waals surface area contributed by atoms with Crippen LogP contribution in [0.1, 0.15) is 46.0 Å². The van der Waals surface area contributed by atoms with Crippen molar-refractivity contribution in [3.8, 4) is 0 Å². The Kier molecular flexibility index (Phi) is 5.43. The topological polar surface area (TPSA) is 82.7 Å². The normalized spacial score (nSPS) is 16.8. The molecule has 1 aliphatic heterocycles. The minimum Gasteiger partial charge on any atom is -0.465 e. The first-order chi connectivity index (χ1) is 11.3. The summed E-state index contributed by atoms with van der Waals surface area (Å²) in [6.45, 7) is 9.51. The second-order valence-corrected chi connectivity index (χ2v) is 6.20. The van der Waals surface area contributed by atoms with Crippen LogP contribution >= 0.6 is 0 Å². The predicted octanol–water partition coefficient (Wildman–Crippen LogP) is 1.15. The largest absolute Gasteiger partial charge is 0.465 e. The summed E-state index contributed by atoms with van der Waals surface area (Å²) < 4.78 is 4.78. The molecule has 7 nitrogen and oxygen atoms in total. The molecule has 1 aromatic rings. The number of esters is 1. The highest BCUT2D eigenvalue weighted by Crippen LogP contribution is 2.21. The van der Waals surface area contributed by atoms with Gasteiger partial charge in [0.25, 0.3) is 0 Å². The average molecular weight is 335 g/mol. The van der Waals surface area contributed by atoms with E-state index in [-0.39, 0.29) is 17.7 Å². The molecule has 0 saturated carbocycles. The molecule has 7 heteroatoms. The number of amides is 1. The molecule has 0 aliphatic carbocycles. The van der Waals surface area contributed by atoms with Crippen molar-refractivity contribution in [1.82, 2.24) is 14.8 Å². The molecule has 1 unspecified atom stereocenters. The fraction of sp³-hybridized carbons (Fsp3) is 0.588. The number of aromatic amines is 1. The van der Waals surface area contributed by atoms with Gasteiger partial charge in [-0.15, -0.1) is 0 Å². The van der Waals surface area contributed by atoms with Crippen molar-refractivity contribution in [2.45, 2.75) is 33.7 Å². The lowest BCUT2D eigenvalue weighted by Crippen LogP contribution is -2.52. The minimum atomic E-state index is -0.442. The lowest BCUT2D eigenvalue weighted by Gasteiger charge is -2.37. The molecular formula is C17H25N3O4. The zero-order valence-electron chi connectivity index (χ0n) is 14.9. The summed E-state index contributed by atoms with van der Waals surface area (Å²) in [5.41, 5.74) is 2.14. The van der Waals surface area contributed by atoms with E-state index in [4.69, 9.17) is 4.74 Å². The van der Waals surface area contributed by atoms with Gasteiger partial charge in [0.2, 0.25) is 5.91 Å². The lowest BCUT2D eigenvalue weighted by atomic mass is 10.0. The fourth-order valence-corrected chi connectivity index (χ4v) is 3.20. The van der Waals surface area contributed by atoms with Crippen LogP contribution in [0.15, 0.2) is 0 Å². The Morgan fingerprint density at radius 1 is 1.12 bits per heavy atom. The lowest BCUT2D eigenvalue weighted by molar-refractivity contribution is -0.130. The minimum absolute atomic E-state index is 0.0537. The van der Waals surface area contributed by atoms with Gasteiger partial charge in [-0.2, -0.15) is 0 Å². The van der Waals surface area contributed by atoms with Crippen LogP contribution in [-0.4, -0.2) is 71.8 Å². The highest BCUT2D eigenvalue weighted by atomic mass is 16.5. The molecule has 1 fully saturated rings. The first-order valence-corrected chi connectivity index (χ1v) is 8.09. The van der Waals surface area contributed by atoms with Gasteiger partial charge in [0, 0.05) is 38.8 Å². The third-order valence-electron chi connectivity index (χ3n) is 4.76. The zero-order valence-corrected chi connectivity index (χ0v) is 14.9. The SMILES string of the molecule is COC(=O)c1c(C)[nH]c(C(=O)C(C)N2CCN(C(C)=O)CC2)c1C. The smallest absolute Gasteiger partial charge is 0.339 e. The van der Waals surface area contributed by atoms with Gasteiger partial charge in [-0.3, -0.25) is 14.5 Å². The van der Waals surface area contributed by atoms with Crippen LogP contribution in [0.4, 0.5) is 0 Å². The number of methoxy groups -OCH3 is 1. The molecule has 1 aromatic heterocycles. The molecule has 1 atom stereocenters. The fourth-order valence-electron chi connectivity index (χ4n) is 3.20. The van der Waals surface area contributed by atoms with Gasteiger partial charge in [0.05, 0.1) is 24.4 Å². The standard InChI is InChI=1S/C17H25N3O4/c1-10-14(17(23)24-5)11(2)18-15(10)16(22)12(3)19-6-8-20(9-7-19)13(4)21/h12,18H,6-9H2,1-5H3. The summed E-state index contributed by atoms with van der Waals surface area (Å²) in [6, 6.07) is -0.318. The number of Topliss-reactive ketones (excluding diaryl/α,β-unsaturated/α-hetero) is 1. The first kappa shape index (κ1) is 18.2. The Bertz CT molecular complexity index is 657. The number of nitrogens with one attached hydrogen (secondary N) is 1. The summed E-state index contributed by atoms with van der Waals surface area (Å²) >= 11 is 0. The van der Waals surface area contributed by atoms with Gasteiger partial charge in [-0.25, -0.2) is 4.79 Å². The van der Waals surface area contributed by atoms with E-state index < -0.39 is 5.97 Å². The van der Waals surface area contributed by atoms with Crippen molar-refractivity contribution in [2.24, 2.45) is 0 Å². The van der Waals surface area contributed by atoms with E-state index >= 15 is 0 Å². The van der Waals surface area contributed by atoms with Crippen molar-refractivity contribution in [1.29, 1.82) is 0 Å². The Balaban J connectivity index is 2.15. The Morgan fingerprint density at radius 2 is 1.71 bits per heavy atom. The Morgan fingerprint density at radius 3 is 2.21 bits per heavy atom. The van der Waals surface area contributed by atoms with Crippen LogP contribution in [0.2, 0.25) is 0 Å². The zero-order chi connectivity index (χ0) is 18.0. The highest BCUT2D eigenvalue weighted by molar-refractivity contribution is 6.03. The maximum atomic E-state index is 12.9. The highest BCUT2D eigenvalue weighted by Gasteiger charge is 2.30. The molecule has 1 N–H and O–H groups in total. The van der Waals surface area contributed by atoms with E-state index in [1.165, 1.54) is 7.11 Å². The molecule has 1 aliphatic rings. The number of hydrogen-bond donors (Lipinski definition) is 1. The first-order valence-electron chi connectivity index (χ1n) is 8.09. The average Bonchev–Trinajstić information content (AvgIpc) is 2.87. The van der Waals surface area contributed by atoms with E-state index in [0.29, 0.717) is 48.7 Å². The third-order valence-corrected chi connectivity index (χ3v) is 4.76. The van der Waals surface area contributed by atoms with E-state index in [1.807, 2.05) is 6.92 Å². The number of ether oxygens (including phenoxy) is 1. The van der Waals surface area contributed by atoms with Crippen LogP contribution in [0.25, 0.3) is 0 Å². The number of carbonyl (C=O) groups is 3. The summed E-state index contributed by atoms with van der Waals surface area (Å²) in [5.74, 6) is -0.433. The summed E-state index contributed by atoms with van der Waals surface area (Å²) in [6.07, 6.45) is 0. The second-order valence-electron chi connectivity index (χ2n) is 6.20. The summed E-state index contributed by atoms with van der Waals surface area (Å²) in [5, 5.41) is 0. The van der Waals surface area contributed by atoms with Gasteiger partial charge < -0.3 is 14.6 Å². The van der Waals surface area contributed by atoms with E-state index in [2.05, 4.69) is 9.88 Å². The van der Waals surface area contributed by atoms with Gasteiger partial charge >= 0.3 is 5.97 Å². The molecule has 0 radical (unpaired) electrons. The third kappa shape index (κ3) is 3.36. The van der Waals surface area contributed by atoms with E-state index in [9.17, 15) is 14.4 Å². The maximum Gasteiger partial charge on any atom is 0.339 e. The molecule has 0 spiro atoms. The van der Waals surface area contributed by atoms with E-state index in [1.54, 1.807) is 25.7 Å². The molecular weight excluding hydrogens is 310 g/mol. The van der Waals surface area contributed by atoms with Crippen LogP contribution in [0.5, 0.6) is 0 Å². The van der Waals surface area contributed by atoms with Crippen LogP contribution < -0.4 is 0 Å². The molecule has 2 rings (SSSR count). The Labute approximate surface area is 141 Å². The van der Waals surface area contributed by atoms with Crippen LogP contribution in [0, 0.1) is 13.8 Å². The molecule has 0 aromatic carbocycles. The predicted molar refractivity (Wildman–Crippen MR) is 89.2 cm³/mol. The summed E-state index contributed by atoms with van der Waals surface area (Å²) in [7, 11) is 1.33. The van der Waals surface area contributed by atoms with Crippen molar-refractivity contribution in [3.05, 3.63) is 22.5 Å². The maximum absolute atomic E-state index is 12.9. The molecule has 24 heavy (non-hydrogen) atoms. The van der Waals surface area contributed by atoms with E-state index in [0.717, 1.165) is 0 Å². The number of aromatic nitrogens is 1. The number of piperazine rings is 1. The quantitative estimate of drug-likeness (QED) is 0.659. The van der Waals surface area contributed by atoms with Crippen molar-refractivity contribution in [2.75, 3.05) is 33.3 Å². The molecule has 0 bridgehead atoms. The van der Waals surface area contributed by atoms with Crippen LogP contribution in [0.3, 0.4) is 0 Å². The number of H-pyrrole nitrogens is 1. The molecule has 1 saturated heterocycles. The monoisotopic (exact) mass is 335 g/mol. The van der Waals surface area contributed by atoms with Crippen molar-refractivity contribution < 1.29 is 19.1 Å². The van der Waals surface area contributed by atoms with Crippen molar-refractivity contribution in [3.63, 3.8) is 0 Å². The number of carbonyl (C=O) groups excluding carboxylic acids is 3. The molecule has 132 valence electrons. The summed E-state index contributed by atoms with van der Waals surface area (Å²) in [4.78, 5) is 43.0. The Hall–Kier alpha value is -2.15. The number of nitrogens with zero attached hydrogens (tertiary/aromatic N) is 2. The van der Waals surface area contributed by atoms with Gasteiger partial charge in [0.1, 0.15) is 0 Å². The van der Waals surface area contributed by atoms with Gasteiger partial charge in [0.15, 0.2) is 5.78 Å². The second kappa shape index (κ2) is 7.17. The van der Waals surface area contributed by atoms with Crippen molar-refractivity contribution >= 4 is 17.7 Å². The van der Waals surface area contributed by atoms with Crippen LogP contribution in [-0.2, 0) is 9.53 Å². The number of ketones is 1. The molecule has 1 amide bonds. The number of rotatable bonds is 4. The molecule has 2 heterocycles. The number of hydrogen-bond acceptors (Lipinski definition) is 5. The van der Waals surface area contributed by atoms with Gasteiger partial charge in [-0.1, -0.05) is 0 Å².